The van der Waals surface area contributed by atoms with Crippen LogP contribution in [0.5, 0.6) is 5.75 Å². The van der Waals surface area contributed by atoms with E-state index in [1.807, 2.05) is 49.4 Å². The lowest BCUT2D eigenvalue weighted by molar-refractivity contribution is -0.143. The fraction of sp³-hybridized carbons (Fsp3) is 0.200. The van der Waals surface area contributed by atoms with E-state index in [2.05, 4.69) is 5.32 Å². The fourth-order valence-corrected chi connectivity index (χ4v) is 2.52. The van der Waals surface area contributed by atoms with Crippen molar-refractivity contribution in [1.82, 2.24) is 0 Å². The molecule has 0 atom stereocenters. The number of ether oxygens (including phenoxy) is 2. The molecule has 3 rings (SSSR count). The molecular formula is C20H19NO4. The number of hydrogen-bond acceptors (Lipinski definition) is 4. The summed E-state index contributed by atoms with van der Waals surface area (Å²) in [4.78, 5) is 24.1. The van der Waals surface area contributed by atoms with Gasteiger partial charge in [0.1, 0.15) is 12.4 Å². The standard InChI is InChI=1S/C20H19NO4/c1-2-14-6-5-8-17(10-14)21-19(22)13-25-20(23)16-11-15-7-3-4-9-18(15)24-12-16/h3-11H,2,12-13H2,1H3,(H,21,22). The molecule has 0 saturated heterocycles. The molecule has 5 heteroatoms. The Morgan fingerprint density at radius 1 is 1.16 bits per heavy atom. The molecule has 25 heavy (non-hydrogen) atoms. The van der Waals surface area contributed by atoms with Gasteiger partial charge in [-0.25, -0.2) is 4.79 Å². The summed E-state index contributed by atoms with van der Waals surface area (Å²) < 4.78 is 10.6. The number of hydrogen-bond donors (Lipinski definition) is 1. The van der Waals surface area contributed by atoms with Crippen LogP contribution in [0.4, 0.5) is 5.69 Å². The smallest absolute Gasteiger partial charge is 0.338 e. The number of fused-ring (bicyclic) bond motifs is 1. The molecule has 0 saturated carbocycles. The summed E-state index contributed by atoms with van der Waals surface area (Å²) in [5.74, 6) is -0.195. The number of anilines is 1. The number of benzene rings is 2. The first-order valence-electron chi connectivity index (χ1n) is 8.14. The van der Waals surface area contributed by atoms with Crippen LogP contribution in [0.15, 0.2) is 54.1 Å². The second-order valence-corrected chi connectivity index (χ2v) is 5.67. The molecule has 0 radical (unpaired) electrons. The van der Waals surface area contributed by atoms with Crippen LogP contribution in [0.1, 0.15) is 18.1 Å². The predicted molar refractivity (Wildman–Crippen MR) is 95.3 cm³/mol. The Hall–Kier alpha value is -3.08. The molecule has 1 aliphatic rings. The van der Waals surface area contributed by atoms with E-state index in [4.69, 9.17) is 9.47 Å². The lowest BCUT2D eigenvalue weighted by Gasteiger charge is -2.16. The van der Waals surface area contributed by atoms with Gasteiger partial charge in [0.15, 0.2) is 6.61 Å². The molecule has 2 aromatic carbocycles. The lowest BCUT2D eigenvalue weighted by Crippen LogP contribution is -2.23. The average Bonchev–Trinajstić information content (AvgIpc) is 2.65. The third-order valence-electron chi connectivity index (χ3n) is 3.85. The number of carbonyl (C=O) groups excluding carboxylic acids is 2. The molecule has 1 amide bonds. The quantitative estimate of drug-likeness (QED) is 0.851. The van der Waals surface area contributed by atoms with Crippen LogP contribution in [0.3, 0.4) is 0 Å². The maximum Gasteiger partial charge on any atom is 0.338 e. The molecule has 0 fully saturated rings. The molecule has 2 aromatic rings. The number of esters is 1. The van der Waals surface area contributed by atoms with E-state index < -0.39 is 5.97 Å². The van der Waals surface area contributed by atoms with Gasteiger partial charge in [0.25, 0.3) is 5.91 Å². The zero-order valence-electron chi connectivity index (χ0n) is 14.0. The summed E-state index contributed by atoms with van der Waals surface area (Å²) in [5, 5.41) is 2.72. The fourth-order valence-electron chi connectivity index (χ4n) is 2.52. The molecule has 0 aliphatic carbocycles. The summed E-state index contributed by atoms with van der Waals surface area (Å²) in [6.07, 6.45) is 2.61. The first-order chi connectivity index (χ1) is 12.2. The summed E-state index contributed by atoms with van der Waals surface area (Å²) in [6.45, 7) is 1.84. The minimum absolute atomic E-state index is 0.135. The van der Waals surface area contributed by atoms with Crippen molar-refractivity contribution in [3.8, 4) is 5.75 Å². The highest BCUT2D eigenvalue weighted by molar-refractivity contribution is 5.98. The molecule has 0 bridgehead atoms. The summed E-state index contributed by atoms with van der Waals surface area (Å²) in [6, 6.07) is 15.0. The van der Waals surface area contributed by atoms with E-state index in [-0.39, 0.29) is 19.1 Å². The lowest BCUT2D eigenvalue weighted by atomic mass is 10.1. The van der Waals surface area contributed by atoms with Crippen LogP contribution in [0, 0.1) is 0 Å². The first kappa shape index (κ1) is 16.8. The Kier molecular flexibility index (Phi) is 5.14. The van der Waals surface area contributed by atoms with E-state index in [1.165, 1.54) is 0 Å². The molecule has 5 nitrogen and oxygen atoms in total. The molecule has 1 N–H and O–H groups in total. The van der Waals surface area contributed by atoms with Gasteiger partial charge in [-0.3, -0.25) is 4.79 Å². The Morgan fingerprint density at radius 3 is 2.84 bits per heavy atom. The minimum atomic E-state index is -0.549. The molecule has 1 heterocycles. The third kappa shape index (κ3) is 4.26. The number of amides is 1. The van der Waals surface area contributed by atoms with Crippen molar-refractivity contribution < 1.29 is 19.1 Å². The number of nitrogens with one attached hydrogen (secondary N) is 1. The van der Waals surface area contributed by atoms with Gasteiger partial charge >= 0.3 is 5.97 Å². The van der Waals surface area contributed by atoms with E-state index in [1.54, 1.807) is 12.1 Å². The summed E-state index contributed by atoms with van der Waals surface area (Å²) in [5.41, 5.74) is 3.02. The predicted octanol–water partition coefficient (Wildman–Crippen LogP) is 3.21. The zero-order valence-corrected chi connectivity index (χ0v) is 14.0. The van der Waals surface area contributed by atoms with Gasteiger partial charge in [0.2, 0.25) is 0 Å². The van der Waals surface area contributed by atoms with Crippen LogP contribution in [0.2, 0.25) is 0 Å². The highest BCUT2D eigenvalue weighted by Crippen LogP contribution is 2.26. The molecule has 0 spiro atoms. The van der Waals surface area contributed by atoms with E-state index in [0.717, 1.165) is 23.3 Å². The Morgan fingerprint density at radius 2 is 2.00 bits per heavy atom. The molecular weight excluding hydrogens is 318 g/mol. The van der Waals surface area contributed by atoms with Gasteiger partial charge in [-0.05, 0) is 36.3 Å². The average molecular weight is 337 g/mol. The van der Waals surface area contributed by atoms with Crippen molar-refractivity contribution in [1.29, 1.82) is 0 Å². The summed E-state index contributed by atoms with van der Waals surface area (Å²) >= 11 is 0. The monoisotopic (exact) mass is 337 g/mol. The van der Waals surface area contributed by atoms with Crippen molar-refractivity contribution in [2.75, 3.05) is 18.5 Å². The van der Waals surface area contributed by atoms with E-state index in [9.17, 15) is 9.59 Å². The van der Waals surface area contributed by atoms with Gasteiger partial charge in [-0.2, -0.15) is 0 Å². The van der Waals surface area contributed by atoms with Gasteiger partial charge in [-0.15, -0.1) is 0 Å². The van der Waals surface area contributed by atoms with E-state index >= 15 is 0 Å². The molecule has 0 aromatic heterocycles. The Balaban J connectivity index is 1.55. The highest BCUT2D eigenvalue weighted by atomic mass is 16.5. The SMILES string of the molecule is CCc1cccc(NC(=O)COC(=O)C2=Cc3ccccc3OC2)c1. The van der Waals surface area contributed by atoms with Crippen molar-refractivity contribution in [3.05, 3.63) is 65.2 Å². The van der Waals surface area contributed by atoms with Crippen molar-refractivity contribution in [2.45, 2.75) is 13.3 Å². The number of para-hydroxylation sites is 1. The Labute approximate surface area is 146 Å². The summed E-state index contributed by atoms with van der Waals surface area (Å²) in [7, 11) is 0. The van der Waals surface area contributed by atoms with Crippen molar-refractivity contribution in [2.24, 2.45) is 0 Å². The van der Waals surface area contributed by atoms with Gasteiger partial charge < -0.3 is 14.8 Å². The van der Waals surface area contributed by atoms with E-state index in [0.29, 0.717) is 11.3 Å². The third-order valence-corrected chi connectivity index (χ3v) is 3.85. The zero-order chi connectivity index (χ0) is 17.6. The van der Waals surface area contributed by atoms with Crippen LogP contribution >= 0.6 is 0 Å². The van der Waals surface area contributed by atoms with Gasteiger partial charge in [-0.1, -0.05) is 37.3 Å². The van der Waals surface area contributed by atoms with Crippen LogP contribution in [-0.4, -0.2) is 25.1 Å². The second-order valence-electron chi connectivity index (χ2n) is 5.67. The minimum Gasteiger partial charge on any atom is -0.488 e. The van der Waals surface area contributed by atoms with Gasteiger partial charge in [0.05, 0.1) is 5.57 Å². The van der Waals surface area contributed by atoms with Crippen molar-refractivity contribution >= 4 is 23.6 Å². The van der Waals surface area contributed by atoms with Crippen LogP contribution in [0.25, 0.3) is 6.08 Å². The van der Waals surface area contributed by atoms with Crippen LogP contribution < -0.4 is 10.1 Å². The van der Waals surface area contributed by atoms with Crippen molar-refractivity contribution in [3.63, 3.8) is 0 Å². The Bertz CT molecular complexity index is 826. The number of aryl methyl sites for hydroxylation is 1. The topological polar surface area (TPSA) is 64.6 Å². The molecule has 1 aliphatic heterocycles. The number of rotatable bonds is 5. The number of carbonyl (C=O) groups is 2. The first-order valence-corrected chi connectivity index (χ1v) is 8.14. The largest absolute Gasteiger partial charge is 0.488 e. The maximum absolute atomic E-state index is 12.1. The normalized spacial score (nSPS) is 12.4. The maximum atomic E-state index is 12.1. The van der Waals surface area contributed by atoms with Crippen LogP contribution in [-0.2, 0) is 20.7 Å². The van der Waals surface area contributed by atoms with Gasteiger partial charge in [0, 0.05) is 11.3 Å². The highest BCUT2D eigenvalue weighted by Gasteiger charge is 2.19. The second kappa shape index (κ2) is 7.66. The molecule has 128 valence electrons. The molecule has 0 unspecified atom stereocenters.